The van der Waals surface area contributed by atoms with Gasteiger partial charge in [0.05, 0.1) is 17.1 Å². The molecule has 1 fully saturated rings. The summed E-state index contributed by atoms with van der Waals surface area (Å²) in [4.78, 5) is 25.4. The summed E-state index contributed by atoms with van der Waals surface area (Å²) in [5, 5.41) is 0. The molecular weight excluding hydrogens is 330 g/mol. The lowest BCUT2D eigenvalue weighted by atomic mass is 10.0. The second-order valence-corrected chi connectivity index (χ2v) is 8.64. The molecule has 7 heteroatoms. The van der Waals surface area contributed by atoms with E-state index in [2.05, 4.69) is 13.8 Å². The van der Waals surface area contributed by atoms with Crippen LogP contribution in [0.4, 0.5) is 0 Å². The maximum Gasteiger partial charge on any atom is 0.338 e. The van der Waals surface area contributed by atoms with Crippen molar-refractivity contribution in [2.24, 2.45) is 0 Å². The lowest BCUT2D eigenvalue weighted by Gasteiger charge is -2.23. The van der Waals surface area contributed by atoms with Crippen LogP contribution in [0.25, 0.3) is 0 Å². The fourth-order valence-electron chi connectivity index (χ4n) is 2.60. The Morgan fingerprint density at radius 3 is 2.38 bits per heavy atom. The molecule has 0 unspecified atom stereocenters. The third-order valence-corrected chi connectivity index (χ3v) is 6.04. The Kier molecular flexibility index (Phi) is 5.64. The number of hydrogen-bond donors (Lipinski definition) is 0. The number of benzene rings is 1. The molecule has 1 aromatic rings. The summed E-state index contributed by atoms with van der Waals surface area (Å²) >= 11 is 0. The van der Waals surface area contributed by atoms with Gasteiger partial charge in [0.25, 0.3) is 5.91 Å². The van der Waals surface area contributed by atoms with Crippen molar-refractivity contribution >= 4 is 21.7 Å². The number of carbonyl (C=O) groups is 2. The van der Waals surface area contributed by atoms with Crippen molar-refractivity contribution in [3.63, 3.8) is 0 Å². The SMILES string of the molecule is CC(C)c1ccc(C(=O)OCC(=O)N(C)[C@H]2CCS(=O)(=O)C2)cc1. The molecule has 1 aromatic carbocycles. The first kappa shape index (κ1) is 18.4. The molecule has 0 spiro atoms. The Labute approximate surface area is 142 Å². The number of nitrogens with zero attached hydrogens (tertiary/aromatic N) is 1. The fraction of sp³-hybridized carbons (Fsp3) is 0.529. The molecule has 0 aliphatic carbocycles. The minimum atomic E-state index is -3.06. The zero-order chi connectivity index (χ0) is 17.9. The zero-order valence-corrected chi connectivity index (χ0v) is 15.0. The van der Waals surface area contributed by atoms with Gasteiger partial charge in [-0.05, 0) is 30.0 Å². The molecule has 1 atom stereocenters. The minimum absolute atomic E-state index is 0.0279. The topological polar surface area (TPSA) is 80.8 Å². The standard InChI is InChI=1S/C17H23NO5S/c1-12(2)13-4-6-14(7-5-13)17(20)23-10-16(19)18(3)15-8-9-24(21,22)11-15/h4-7,12,15H,8-11H2,1-3H3/t15-/m0/s1. The van der Waals surface area contributed by atoms with E-state index in [1.807, 2.05) is 12.1 Å². The molecule has 24 heavy (non-hydrogen) atoms. The van der Waals surface area contributed by atoms with Gasteiger partial charge in [-0.2, -0.15) is 0 Å². The van der Waals surface area contributed by atoms with Crippen LogP contribution in [-0.2, 0) is 19.4 Å². The van der Waals surface area contributed by atoms with E-state index in [1.165, 1.54) is 4.90 Å². The number of carbonyl (C=O) groups excluding carboxylic acids is 2. The highest BCUT2D eigenvalue weighted by Crippen LogP contribution is 2.17. The average molecular weight is 353 g/mol. The smallest absolute Gasteiger partial charge is 0.338 e. The molecule has 132 valence electrons. The quantitative estimate of drug-likeness (QED) is 0.751. The minimum Gasteiger partial charge on any atom is -0.452 e. The number of amides is 1. The average Bonchev–Trinajstić information content (AvgIpc) is 2.91. The Balaban J connectivity index is 1.88. The van der Waals surface area contributed by atoms with Gasteiger partial charge in [-0.25, -0.2) is 13.2 Å². The third-order valence-electron chi connectivity index (χ3n) is 4.29. The van der Waals surface area contributed by atoms with E-state index >= 15 is 0 Å². The van der Waals surface area contributed by atoms with Crippen LogP contribution in [0.15, 0.2) is 24.3 Å². The van der Waals surface area contributed by atoms with E-state index in [9.17, 15) is 18.0 Å². The first-order chi connectivity index (χ1) is 11.2. The summed E-state index contributed by atoms with van der Waals surface area (Å²) in [7, 11) is -1.52. The van der Waals surface area contributed by atoms with Crippen molar-refractivity contribution in [3.05, 3.63) is 35.4 Å². The van der Waals surface area contributed by atoms with Crippen LogP contribution in [-0.4, -0.2) is 56.4 Å². The summed E-state index contributed by atoms with van der Waals surface area (Å²) in [6.07, 6.45) is 0.426. The van der Waals surface area contributed by atoms with Crippen LogP contribution in [0.2, 0.25) is 0 Å². The number of likely N-dealkylation sites (N-methyl/N-ethyl adjacent to an activating group) is 1. The van der Waals surface area contributed by atoms with Crippen LogP contribution >= 0.6 is 0 Å². The summed E-state index contributed by atoms with van der Waals surface area (Å²) in [5.41, 5.74) is 1.50. The van der Waals surface area contributed by atoms with Gasteiger partial charge < -0.3 is 9.64 Å². The van der Waals surface area contributed by atoms with Crippen molar-refractivity contribution < 1.29 is 22.7 Å². The van der Waals surface area contributed by atoms with Crippen molar-refractivity contribution in [2.45, 2.75) is 32.2 Å². The molecule has 2 rings (SSSR count). The Hall–Kier alpha value is -1.89. The predicted molar refractivity (Wildman–Crippen MR) is 90.6 cm³/mol. The van der Waals surface area contributed by atoms with E-state index in [-0.39, 0.29) is 17.5 Å². The van der Waals surface area contributed by atoms with Gasteiger partial charge in [-0.3, -0.25) is 4.79 Å². The molecule has 1 amide bonds. The van der Waals surface area contributed by atoms with Gasteiger partial charge in [0.2, 0.25) is 0 Å². The van der Waals surface area contributed by atoms with E-state index in [0.29, 0.717) is 17.9 Å². The Morgan fingerprint density at radius 2 is 1.88 bits per heavy atom. The van der Waals surface area contributed by atoms with Crippen molar-refractivity contribution in [1.82, 2.24) is 4.90 Å². The number of hydrogen-bond acceptors (Lipinski definition) is 5. The third kappa shape index (κ3) is 4.56. The Bertz CT molecular complexity index is 709. The number of rotatable bonds is 5. The molecule has 0 radical (unpaired) electrons. The first-order valence-corrected chi connectivity index (χ1v) is 9.75. The van der Waals surface area contributed by atoms with Crippen LogP contribution in [0.1, 0.15) is 42.1 Å². The van der Waals surface area contributed by atoms with E-state index in [0.717, 1.165) is 5.56 Å². The predicted octanol–water partition coefficient (Wildman–Crippen LogP) is 1.61. The molecule has 1 saturated heterocycles. The van der Waals surface area contributed by atoms with Gasteiger partial charge >= 0.3 is 5.97 Å². The van der Waals surface area contributed by atoms with Crippen molar-refractivity contribution in [1.29, 1.82) is 0 Å². The van der Waals surface area contributed by atoms with Crippen molar-refractivity contribution in [2.75, 3.05) is 25.2 Å². The van der Waals surface area contributed by atoms with Gasteiger partial charge in [0.15, 0.2) is 16.4 Å². The molecule has 1 aliphatic rings. The van der Waals surface area contributed by atoms with Gasteiger partial charge in [-0.15, -0.1) is 0 Å². The summed E-state index contributed by atoms with van der Waals surface area (Å²) in [6, 6.07) is 6.73. The molecule has 0 saturated carbocycles. The second-order valence-electron chi connectivity index (χ2n) is 6.41. The number of sulfone groups is 1. The van der Waals surface area contributed by atoms with Gasteiger partial charge in [0.1, 0.15) is 0 Å². The molecule has 1 aliphatic heterocycles. The molecule has 0 bridgehead atoms. The van der Waals surface area contributed by atoms with E-state index < -0.39 is 28.3 Å². The molecule has 0 aromatic heterocycles. The largest absolute Gasteiger partial charge is 0.452 e. The fourth-order valence-corrected chi connectivity index (χ4v) is 4.38. The number of esters is 1. The first-order valence-electron chi connectivity index (χ1n) is 7.93. The summed E-state index contributed by atoms with van der Waals surface area (Å²) < 4.78 is 28.0. The highest BCUT2D eigenvalue weighted by molar-refractivity contribution is 7.91. The van der Waals surface area contributed by atoms with Crippen molar-refractivity contribution in [3.8, 4) is 0 Å². The number of ether oxygens (including phenoxy) is 1. The molecule has 6 nitrogen and oxygen atoms in total. The van der Waals surface area contributed by atoms with Crippen LogP contribution in [0.5, 0.6) is 0 Å². The lowest BCUT2D eigenvalue weighted by molar-refractivity contribution is -0.134. The molecule has 1 heterocycles. The van der Waals surface area contributed by atoms with Crippen LogP contribution < -0.4 is 0 Å². The maximum absolute atomic E-state index is 12.1. The highest BCUT2D eigenvalue weighted by atomic mass is 32.2. The Morgan fingerprint density at radius 1 is 1.25 bits per heavy atom. The monoisotopic (exact) mass is 353 g/mol. The molecular formula is C17H23NO5S. The van der Waals surface area contributed by atoms with Crippen LogP contribution in [0.3, 0.4) is 0 Å². The summed E-state index contributed by atoms with van der Waals surface area (Å²) in [5.74, 6) is -0.528. The van der Waals surface area contributed by atoms with Crippen LogP contribution in [0, 0.1) is 0 Å². The van der Waals surface area contributed by atoms with Gasteiger partial charge in [-0.1, -0.05) is 26.0 Å². The normalized spacial score (nSPS) is 19.2. The maximum atomic E-state index is 12.1. The zero-order valence-electron chi connectivity index (χ0n) is 14.2. The molecule has 0 N–H and O–H groups in total. The highest BCUT2D eigenvalue weighted by Gasteiger charge is 2.32. The lowest BCUT2D eigenvalue weighted by Crippen LogP contribution is -2.40. The van der Waals surface area contributed by atoms with E-state index in [4.69, 9.17) is 4.74 Å². The van der Waals surface area contributed by atoms with E-state index in [1.54, 1.807) is 19.2 Å². The second kappa shape index (κ2) is 7.34. The van der Waals surface area contributed by atoms with Gasteiger partial charge in [0, 0.05) is 13.1 Å². The summed E-state index contributed by atoms with van der Waals surface area (Å²) in [6.45, 7) is 3.73.